The summed E-state index contributed by atoms with van der Waals surface area (Å²) in [6.07, 6.45) is 3.36. The van der Waals surface area contributed by atoms with E-state index in [-0.39, 0.29) is 0 Å². The number of hydrogen-bond donors (Lipinski definition) is 2. The van der Waals surface area contributed by atoms with E-state index < -0.39 is 11.8 Å². The Balaban J connectivity index is 1.57. The third-order valence-corrected chi connectivity index (χ3v) is 4.05. The van der Waals surface area contributed by atoms with Crippen LogP contribution < -0.4 is 16.0 Å². The second-order valence-corrected chi connectivity index (χ2v) is 5.87. The zero-order valence-electron chi connectivity index (χ0n) is 14.0. The lowest BCUT2D eigenvalue weighted by atomic mass is 10.2. The normalized spacial score (nSPS) is 14.3. The van der Waals surface area contributed by atoms with Crippen LogP contribution in [0.25, 0.3) is 0 Å². The fourth-order valence-corrected chi connectivity index (χ4v) is 2.68. The van der Waals surface area contributed by atoms with Crippen molar-refractivity contribution in [2.45, 2.75) is 6.92 Å². The largest absolute Gasteiger partial charge is 0.397 e. The van der Waals surface area contributed by atoms with E-state index in [2.05, 4.69) is 15.3 Å². The minimum atomic E-state index is -0.681. The van der Waals surface area contributed by atoms with Crippen molar-refractivity contribution in [2.24, 2.45) is 0 Å². The molecule has 25 heavy (non-hydrogen) atoms. The molecule has 0 saturated carbocycles. The van der Waals surface area contributed by atoms with Crippen LogP contribution in [0.3, 0.4) is 0 Å². The van der Waals surface area contributed by atoms with Crippen molar-refractivity contribution in [3.8, 4) is 0 Å². The van der Waals surface area contributed by atoms with Crippen LogP contribution in [-0.2, 0) is 9.59 Å². The molecule has 3 rings (SSSR count). The van der Waals surface area contributed by atoms with Gasteiger partial charge >= 0.3 is 11.8 Å². The molecule has 0 atom stereocenters. The van der Waals surface area contributed by atoms with Crippen LogP contribution in [-0.4, -0.2) is 52.9 Å². The maximum atomic E-state index is 12.3. The number of piperazine rings is 1. The lowest BCUT2D eigenvalue weighted by molar-refractivity contribution is -0.143. The van der Waals surface area contributed by atoms with Gasteiger partial charge in [0.25, 0.3) is 0 Å². The predicted molar refractivity (Wildman–Crippen MR) is 95.0 cm³/mol. The molecule has 1 saturated heterocycles. The van der Waals surface area contributed by atoms with Crippen LogP contribution in [0, 0.1) is 6.92 Å². The maximum Gasteiger partial charge on any atom is 0.313 e. The van der Waals surface area contributed by atoms with Gasteiger partial charge in [-0.05, 0) is 30.7 Å². The van der Waals surface area contributed by atoms with Crippen molar-refractivity contribution in [2.75, 3.05) is 42.1 Å². The molecule has 0 radical (unpaired) electrons. The molecule has 2 aromatic rings. The molecule has 1 aromatic heterocycles. The van der Waals surface area contributed by atoms with E-state index in [0.717, 1.165) is 5.56 Å². The third kappa shape index (κ3) is 3.85. The molecule has 8 heteroatoms. The van der Waals surface area contributed by atoms with Crippen molar-refractivity contribution >= 4 is 29.1 Å². The molecular weight excluding hydrogens is 320 g/mol. The summed E-state index contributed by atoms with van der Waals surface area (Å²) in [6.45, 7) is 3.94. The first-order valence-electron chi connectivity index (χ1n) is 8.03. The minimum Gasteiger partial charge on any atom is -0.397 e. The van der Waals surface area contributed by atoms with Crippen LogP contribution >= 0.6 is 0 Å². The Morgan fingerprint density at radius 1 is 1.12 bits per heavy atom. The Morgan fingerprint density at radius 2 is 1.80 bits per heavy atom. The summed E-state index contributed by atoms with van der Waals surface area (Å²) in [5.41, 5.74) is 7.74. The number of carbonyl (C=O) groups excluding carboxylic acids is 2. The summed E-state index contributed by atoms with van der Waals surface area (Å²) in [4.78, 5) is 36.5. The highest BCUT2D eigenvalue weighted by Gasteiger charge is 2.27. The molecule has 2 heterocycles. The number of nitrogen functional groups attached to an aromatic ring is 1. The van der Waals surface area contributed by atoms with Gasteiger partial charge in [0.1, 0.15) is 0 Å². The van der Waals surface area contributed by atoms with Crippen molar-refractivity contribution < 1.29 is 9.59 Å². The van der Waals surface area contributed by atoms with Gasteiger partial charge in [-0.15, -0.1) is 0 Å². The van der Waals surface area contributed by atoms with E-state index in [1.165, 1.54) is 4.90 Å². The SMILES string of the molecule is Cc1ccc(NC(=O)C(=O)N2CCN(c3ncccn3)CC2)c(N)c1. The molecule has 1 aliphatic rings. The lowest BCUT2D eigenvalue weighted by Gasteiger charge is -2.34. The highest BCUT2D eigenvalue weighted by atomic mass is 16.2. The number of hydrogen-bond acceptors (Lipinski definition) is 6. The summed E-state index contributed by atoms with van der Waals surface area (Å²) in [5, 5.41) is 2.58. The van der Waals surface area contributed by atoms with E-state index in [1.54, 1.807) is 30.6 Å². The van der Waals surface area contributed by atoms with Gasteiger partial charge < -0.3 is 20.9 Å². The quantitative estimate of drug-likeness (QED) is 0.614. The number of aryl methyl sites for hydroxylation is 1. The topological polar surface area (TPSA) is 104 Å². The molecular formula is C17H20N6O2. The zero-order chi connectivity index (χ0) is 17.8. The number of benzene rings is 1. The number of nitrogens with two attached hydrogens (primary N) is 1. The summed E-state index contributed by atoms with van der Waals surface area (Å²) in [7, 11) is 0. The van der Waals surface area contributed by atoms with Gasteiger partial charge in [-0.1, -0.05) is 6.07 Å². The number of carbonyl (C=O) groups is 2. The van der Waals surface area contributed by atoms with Crippen LogP contribution in [0.2, 0.25) is 0 Å². The molecule has 130 valence electrons. The fraction of sp³-hybridized carbons (Fsp3) is 0.294. The van der Waals surface area contributed by atoms with E-state index in [0.29, 0.717) is 43.5 Å². The van der Waals surface area contributed by atoms with Crippen molar-refractivity contribution in [3.63, 3.8) is 0 Å². The van der Waals surface area contributed by atoms with Crippen LogP contribution in [0.15, 0.2) is 36.7 Å². The second kappa shape index (κ2) is 7.16. The van der Waals surface area contributed by atoms with Gasteiger partial charge in [0.05, 0.1) is 11.4 Å². The van der Waals surface area contributed by atoms with Gasteiger partial charge in [0.15, 0.2) is 0 Å². The first kappa shape index (κ1) is 16.7. The Bertz CT molecular complexity index is 772. The Labute approximate surface area is 145 Å². The van der Waals surface area contributed by atoms with E-state index in [4.69, 9.17) is 5.73 Å². The van der Waals surface area contributed by atoms with E-state index in [1.807, 2.05) is 17.9 Å². The van der Waals surface area contributed by atoms with Crippen molar-refractivity contribution in [1.82, 2.24) is 14.9 Å². The molecule has 1 aliphatic heterocycles. The first-order chi connectivity index (χ1) is 12.0. The Morgan fingerprint density at radius 3 is 2.44 bits per heavy atom. The maximum absolute atomic E-state index is 12.3. The minimum absolute atomic E-state index is 0.437. The molecule has 3 N–H and O–H groups in total. The molecule has 0 unspecified atom stereocenters. The number of amides is 2. The fourth-order valence-electron chi connectivity index (χ4n) is 2.68. The number of anilines is 3. The van der Waals surface area contributed by atoms with Crippen molar-refractivity contribution in [1.29, 1.82) is 0 Å². The summed E-state index contributed by atoms with van der Waals surface area (Å²) in [5.74, 6) is -0.611. The summed E-state index contributed by atoms with van der Waals surface area (Å²) < 4.78 is 0. The molecule has 2 amide bonds. The van der Waals surface area contributed by atoms with Crippen LogP contribution in [0.1, 0.15) is 5.56 Å². The van der Waals surface area contributed by atoms with E-state index in [9.17, 15) is 9.59 Å². The van der Waals surface area contributed by atoms with E-state index >= 15 is 0 Å². The molecule has 1 fully saturated rings. The standard InChI is InChI=1S/C17H20N6O2/c1-12-3-4-14(13(18)11-12)21-15(24)16(25)22-7-9-23(10-8-22)17-19-5-2-6-20-17/h2-6,11H,7-10,18H2,1H3,(H,21,24). The smallest absolute Gasteiger partial charge is 0.313 e. The molecule has 0 bridgehead atoms. The first-order valence-corrected chi connectivity index (χ1v) is 8.03. The lowest BCUT2D eigenvalue weighted by Crippen LogP contribution is -2.52. The molecule has 1 aromatic carbocycles. The average molecular weight is 340 g/mol. The second-order valence-electron chi connectivity index (χ2n) is 5.87. The summed E-state index contributed by atoms with van der Waals surface area (Å²) >= 11 is 0. The van der Waals surface area contributed by atoms with Gasteiger partial charge in [-0.3, -0.25) is 9.59 Å². The molecule has 0 aliphatic carbocycles. The Hall–Kier alpha value is -3.16. The molecule has 8 nitrogen and oxygen atoms in total. The summed E-state index contributed by atoms with van der Waals surface area (Å²) in [6, 6.07) is 7.03. The molecule has 0 spiro atoms. The highest BCUT2D eigenvalue weighted by Crippen LogP contribution is 2.19. The van der Waals surface area contributed by atoms with Gasteiger partial charge in [-0.2, -0.15) is 0 Å². The van der Waals surface area contributed by atoms with Gasteiger partial charge in [0, 0.05) is 38.6 Å². The van der Waals surface area contributed by atoms with Crippen LogP contribution in [0.5, 0.6) is 0 Å². The number of nitrogens with one attached hydrogen (secondary N) is 1. The monoisotopic (exact) mass is 340 g/mol. The van der Waals surface area contributed by atoms with Crippen molar-refractivity contribution in [3.05, 3.63) is 42.2 Å². The number of aromatic nitrogens is 2. The zero-order valence-corrected chi connectivity index (χ0v) is 14.0. The van der Waals surface area contributed by atoms with Crippen LogP contribution in [0.4, 0.5) is 17.3 Å². The third-order valence-electron chi connectivity index (χ3n) is 4.05. The average Bonchev–Trinajstić information content (AvgIpc) is 2.64. The Kier molecular flexibility index (Phi) is 4.78. The predicted octanol–water partition coefficient (Wildman–Crippen LogP) is 0.655. The van der Waals surface area contributed by atoms with Gasteiger partial charge in [-0.25, -0.2) is 9.97 Å². The highest BCUT2D eigenvalue weighted by molar-refractivity contribution is 6.39. The van der Waals surface area contributed by atoms with Gasteiger partial charge in [0.2, 0.25) is 5.95 Å². The number of nitrogens with zero attached hydrogens (tertiary/aromatic N) is 4. The number of rotatable bonds is 2.